The number of pyridine rings is 1. The van der Waals surface area contributed by atoms with Crippen LogP contribution in [-0.4, -0.2) is 24.1 Å². The van der Waals surface area contributed by atoms with Crippen LogP contribution < -0.4 is 10.2 Å². The van der Waals surface area contributed by atoms with Crippen molar-refractivity contribution in [1.29, 1.82) is 0 Å². The Morgan fingerprint density at radius 3 is 3.00 bits per heavy atom. The molecule has 4 rings (SSSR count). The van der Waals surface area contributed by atoms with Gasteiger partial charge in [-0.15, -0.1) is 11.8 Å². The van der Waals surface area contributed by atoms with Gasteiger partial charge in [-0.1, -0.05) is 30.3 Å². The highest BCUT2D eigenvalue weighted by molar-refractivity contribution is 7.98. The fourth-order valence-corrected chi connectivity index (χ4v) is 3.72. The molecule has 1 fully saturated rings. The molecule has 2 aliphatic heterocycles. The van der Waals surface area contributed by atoms with Gasteiger partial charge in [0.1, 0.15) is 0 Å². The molecule has 0 saturated carbocycles. The van der Waals surface area contributed by atoms with E-state index in [-0.39, 0.29) is 0 Å². The number of fused-ring (bicyclic) bond motifs is 4. The van der Waals surface area contributed by atoms with E-state index >= 15 is 0 Å². The monoisotopic (exact) mass is 283 g/mol. The lowest BCUT2D eigenvalue weighted by molar-refractivity contribution is 0.784. The fourth-order valence-electron chi connectivity index (χ4n) is 2.90. The summed E-state index contributed by atoms with van der Waals surface area (Å²) >= 11 is 1.80. The number of hydrogen-bond acceptors (Lipinski definition) is 4. The third-order valence-corrected chi connectivity index (χ3v) is 4.95. The number of hydrogen-bond donors (Lipinski definition) is 1. The molecule has 0 radical (unpaired) electrons. The maximum Gasteiger partial charge on any atom is 0.151 e. The van der Waals surface area contributed by atoms with Crippen molar-refractivity contribution in [2.45, 2.75) is 23.2 Å². The molecule has 102 valence electrons. The highest BCUT2D eigenvalue weighted by Gasteiger charge is 2.30. The van der Waals surface area contributed by atoms with Gasteiger partial charge in [-0.2, -0.15) is 0 Å². The van der Waals surface area contributed by atoms with Gasteiger partial charge in [0.05, 0.1) is 10.7 Å². The first kappa shape index (κ1) is 12.1. The molecular weight excluding hydrogens is 266 g/mol. The van der Waals surface area contributed by atoms with Crippen molar-refractivity contribution in [3.63, 3.8) is 0 Å². The van der Waals surface area contributed by atoms with Crippen LogP contribution >= 0.6 is 11.8 Å². The van der Waals surface area contributed by atoms with Crippen LogP contribution in [0, 0.1) is 0 Å². The van der Waals surface area contributed by atoms with Crippen molar-refractivity contribution < 1.29 is 0 Å². The minimum Gasteiger partial charge on any atom is -0.366 e. The molecule has 0 spiro atoms. The molecule has 20 heavy (non-hydrogen) atoms. The van der Waals surface area contributed by atoms with Crippen molar-refractivity contribution in [3.05, 3.63) is 48.0 Å². The maximum atomic E-state index is 4.78. The van der Waals surface area contributed by atoms with Gasteiger partial charge in [0.25, 0.3) is 0 Å². The molecule has 0 amide bonds. The van der Waals surface area contributed by atoms with Gasteiger partial charge in [-0.25, -0.2) is 4.98 Å². The Kier molecular flexibility index (Phi) is 3.03. The normalized spacial score (nSPS) is 19.6. The average molecular weight is 283 g/mol. The van der Waals surface area contributed by atoms with Gasteiger partial charge in [0.2, 0.25) is 0 Å². The molecule has 2 bridgehead atoms. The number of benzene rings is 1. The van der Waals surface area contributed by atoms with Crippen molar-refractivity contribution in [1.82, 2.24) is 4.98 Å². The Bertz CT molecular complexity index is 614. The summed E-state index contributed by atoms with van der Waals surface area (Å²) in [5.41, 5.74) is 2.61. The second-order valence-corrected chi connectivity index (χ2v) is 6.36. The zero-order valence-corrected chi connectivity index (χ0v) is 12.1. The molecule has 2 aromatic rings. The number of thioether (sulfide) groups is 1. The summed E-state index contributed by atoms with van der Waals surface area (Å²) in [6, 6.07) is 15.5. The minimum absolute atomic E-state index is 0.587. The molecule has 1 N–H and O–H groups in total. The van der Waals surface area contributed by atoms with E-state index in [1.807, 2.05) is 0 Å². The molecule has 4 heteroatoms. The Balaban J connectivity index is 1.51. The molecule has 0 unspecified atom stereocenters. The average Bonchev–Trinajstić information content (AvgIpc) is 2.88. The second kappa shape index (κ2) is 5.02. The molecule has 3 nitrogen and oxygen atoms in total. The second-order valence-electron chi connectivity index (χ2n) is 5.37. The third kappa shape index (κ3) is 2.24. The Hall–Kier alpha value is -1.68. The van der Waals surface area contributed by atoms with Gasteiger partial charge >= 0.3 is 0 Å². The van der Waals surface area contributed by atoms with Crippen molar-refractivity contribution in [2.24, 2.45) is 0 Å². The van der Waals surface area contributed by atoms with Gasteiger partial charge in [0, 0.05) is 24.9 Å². The van der Waals surface area contributed by atoms with Crippen molar-refractivity contribution in [2.75, 3.05) is 23.3 Å². The van der Waals surface area contributed by atoms with E-state index in [1.54, 1.807) is 11.8 Å². The first-order chi connectivity index (χ1) is 9.88. The van der Waals surface area contributed by atoms with Crippen LogP contribution in [0.25, 0.3) is 0 Å². The summed E-state index contributed by atoms with van der Waals surface area (Å²) in [6.45, 7) is 2.29. The molecule has 1 aromatic carbocycles. The summed E-state index contributed by atoms with van der Waals surface area (Å²) in [4.78, 5) is 7.22. The van der Waals surface area contributed by atoms with Crippen LogP contribution in [0.3, 0.4) is 0 Å². The minimum atomic E-state index is 0.587. The standard InChI is InChI=1S/C16H17N3S/c1-2-4-12(5-3-1)11-20-15-7-6-14-16(18-15)17-13-8-9-19(14)10-13/h1-7,13H,8-11H2,(H,17,18)/t13-/m0/s1. The predicted octanol–water partition coefficient (Wildman–Crippen LogP) is 3.38. The summed E-state index contributed by atoms with van der Waals surface area (Å²) in [6.07, 6.45) is 1.23. The molecule has 1 saturated heterocycles. The zero-order valence-electron chi connectivity index (χ0n) is 11.2. The third-order valence-electron chi connectivity index (χ3n) is 3.95. The van der Waals surface area contributed by atoms with Gasteiger partial charge < -0.3 is 10.2 Å². The molecule has 3 heterocycles. The lowest BCUT2D eigenvalue weighted by Gasteiger charge is -2.27. The van der Waals surface area contributed by atoms with Crippen LogP contribution in [0.15, 0.2) is 47.5 Å². The van der Waals surface area contributed by atoms with Crippen molar-refractivity contribution in [3.8, 4) is 0 Å². The van der Waals surface area contributed by atoms with Crippen molar-refractivity contribution >= 4 is 23.3 Å². The van der Waals surface area contributed by atoms with E-state index < -0.39 is 0 Å². The summed E-state index contributed by atoms with van der Waals surface area (Å²) in [5.74, 6) is 2.04. The van der Waals surface area contributed by atoms with Crippen LogP contribution in [0.5, 0.6) is 0 Å². The van der Waals surface area contributed by atoms with E-state index in [9.17, 15) is 0 Å². The first-order valence-corrected chi connectivity index (χ1v) is 8.06. The summed E-state index contributed by atoms with van der Waals surface area (Å²) < 4.78 is 0. The van der Waals surface area contributed by atoms with Gasteiger partial charge in [-0.05, 0) is 24.1 Å². The lowest BCUT2D eigenvalue weighted by atomic mass is 10.2. The lowest BCUT2D eigenvalue weighted by Crippen LogP contribution is -2.32. The Morgan fingerprint density at radius 2 is 2.10 bits per heavy atom. The number of rotatable bonds is 3. The highest BCUT2D eigenvalue weighted by atomic mass is 32.2. The van der Waals surface area contributed by atoms with E-state index in [1.165, 1.54) is 17.7 Å². The quantitative estimate of drug-likeness (QED) is 0.874. The fraction of sp³-hybridized carbons (Fsp3) is 0.312. The number of nitrogens with one attached hydrogen (secondary N) is 1. The number of aromatic nitrogens is 1. The first-order valence-electron chi connectivity index (χ1n) is 7.08. The van der Waals surface area contributed by atoms with Crippen LogP contribution in [0.1, 0.15) is 12.0 Å². The summed E-state index contributed by atoms with van der Waals surface area (Å²) in [7, 11) is 0. The van der Waals surface area contributed by atoms with E-state index in [0.29, 0.717) is 6.04 Å². The zero-order chi connectivity index (χ0) is 13.4. The van der Waals surface area contributed by atoms with Gasteiger partial charge in [-0.3, -0.25) is 0 Å². The molecular formula is C16H17N3S. The smallest absolute Gasteiger partial charge is 0.151 e. The largest absolute Gasteiger partial charge is 0.366 e. The predicted molar refractivity (Wildman–Crippen MR) is 84.5 cm³/mol. The molecule has 1 atom stereocenters. The van der Waals surface area contributed by atoms with E-state index in [4.69, 9.17) is 4.98 Å². The molecule has 2 aliphatic rings. The Morgan fingerprint density at radius 1 is 1.20 bits per heavy atom. The molecule has 1 aromatic heterocycles. The SMILES string of the molecule is c1ccc(CSc2ccc3c(n2)N[C@H]2CCN3C2)cc1. The topological polar surface area (TPSA) is 28.2 Å². The molecule has 0 aliphatic carbocycles. The van der Waals surface area contributed by atoms with Crippen LogP contribution in [0.4, 0.5) is 11.5 Å². The van der Waals surface area contributed by atoms with E-state index in [2.05, 4.69) is 52.7 Å². The summed E-state index contributed by atoms with van der Waals surface area (Å²) in [5, 5.41) is 4.66. The highest BCUT2D eigenvalue weighted by Crippen LogP contribution is 2.35. The van der Waals surface area contributed by atoms with Gasteiger partial charge in [0.15, 0.2) is 5.82 Å². The number of nitrogens with zero attached hydrogens (tertiary/aromatic N) is 2. The Labute approximate surface area is 123 Å². The van der Waals surface area contributed by atoms with Crippen LogP contribution in [0.2, 0.25) is 0 Å². The number of anilines is 2. The van der Waals surface area contributed by atoms with E-state index in [0.717, 1.165) is 29.7 Å². The van der Waals surface area contributed by atoms with Crippen LogP contribution in [-0.2, 0) is 5.75 Å². The maximum absolute atomic E-state index is 4.78.